The van der Waals surface area contributed by atoms with E-state index < -0.39 is 0 Å². The summed E-state index contributed by atoms with van der Waals surface area (Å²) in [5.41, 5.74) is 3.82. The van der Waals surface area contributed by atoms with Crippen LogP contribution in [-0.2, 0) is 4.79 Å². The van der Waals surface area contributed by atoms with Crippen molar-refractivity contribution in [1.82, 2.24) is 25.1 Å². The second-order valence-corrected chi connectivity index (χ2v) is 9.28. The van der Waals surface area contributed by atoms with E-state index in [1.54, 1.807) is 24.5 Å². The van der Waals surface area contributed by atoms with Gasteiger partial charge in [0.05, 0.1) is 11.8 Å². The minimum Gasteiger partial charge on any atom is -0.348 e. The van der Waals surface area contributed by atoms with Crippen molar-refractivity contribution in [1.29, 1.82) is 0 Å². The molecular weight excluding hydrogens is 449 g/mol. The fraction of sp³-hybridized carbons (Fsp3) is 0.231. The van der Waals surface area contributed by atoms with E-state index >= 15 is 0 Å². The number of thioether (sulfide) groups is 1. The minimum atomic E-state index is -0.298. The standard InChI is InChI=1S/C26H26FN5OS/c1-17(2)24(19-6-8-21(27)9-7-19)29-23(33)16-34-26-31-30-25(20-12-14-28-15-13-20)32(26)22-10-4-18(3)5-11-22/h4-15,17,24H,16H2,1-3H3,(H,29,33). The van der Waals surface area contributed by atoms with Gasteiger partial charge in [-0.3, -0.25) is 14.3 Å². The Morgan fingerprint density at radius 3 is 2.32 bits per heavy atom. The fourth-order valence-electron chi connectivity index (χ4n) is 3.63. The molecule has 174 valence electrons. The Kier molecular flexibility index (Phi) is 7.37. The van der Waals surface area contributed by atoms with Crippen molar-refractivity contribution in [2.45, 2.75) is 32.0 Å². The van der Waals surface area contributed by atoms with Crippen LogP contribution in [0.2, 0.25) is 0 Å². The first-order valence-corrected chi connectivity index (χ1v) is 12.0. The van der Waals surface area contributed by atoms with Crippen LogP contribution in [0, 0.1) is 18.7 Å². The third-order valence-electron chi connectivity index (χ3n) is 5.41. The molecule has 1 N–H and O–H groups in total. The molecule has 1 unspecified atom stereocenters. The first-order valence-electron chi connectivity index (χ1n) is 11.0. The Labute approximate surface area is 202 Å². The van der Waals surface area contributed by atoms with Crippen molar-refractivity contribution in [2.24, 2.45) is 5.92 Å². The van der Waals surface area contributed by atoms with Gasteiger partial charge in [0.25, 0.3) is 0 Å². The molecule has 0 fully saturated rings. The molecular formula is C26H26FN5OS. The summed E-state index contributed by atoms with van der Waals surface area (Å²) in [4.78, 5) is 17.0. The van der Waals surface area contributed by atoms with E-state index in [0.717, 1.165) is 22.4 Å². The van der Waals surface area contributed by atoms with Crippen molar-refractivity contribution >= 4 is 17.7 Å². The Balaban J connectivity index is 1.55. The van der Waals surface area contributed by atoms with Crippen molar-refractivity contribution in [3.63, 3.8) is 0 Å². The van der Waals surface area contributed by atoms with Crippen LogP contribution in [0.25, 0.3) is 17.1 Å². The second-order valence-electron chi connectivity index (χ2n) is 8.34. The summed E-state index contributed by atoms with van der Waals surface area (Å²) in [7, 11) is 0. The third-order valence-corrected chi connectivity index (χ3v) is 6.34. The van der Waals surface area contributed by atoms with Gasteiger partial charge in [-0.25, -0.2) is 4.39 Å². The van der Waals surface area contributed by atoms with E-state index in [9.17, 15) is 9.18 Å². The zero-order valence-electron chi connectivity index (χ0n) is 19.3. The van der Waals surface area contributed by atoms with E-state index in [0.29, 0.717) is 11.0 Å². The molecule has 1 atom stereocenters. The molecule has 0 aliphatic rings. The number of nitrogens with one attached hydrogen (secondary N) is 1. The molecule has 1 amide bonds. The maximum Gasteiger partial charge on any atom is 0.230 e. The van der Waals surface area contributed by atoms with E-state index in [-0.39, 0.29) is 29.4 Å². The number of pyridine rings is 1. The number of halogens is 1. The molecule has 6 nitrogen and oxygen atoms in total. The number of hydrogen-bond donors (Lipinski definition) is 1. The molecule has 34 heavy (non-hydrogen) atoms. The van der Waals surface area contributed by atoms with Crippen LogP contribution in [0.3, 0.4) is 0 Å². The number of rotatable bonds is 8. The Morgan fingerprint density at radius 1 is 1.00 bits per heavy atom. The van der Waals surface area contributed by atoms with Crippen LogP contribution in [-0.4, -0.2) is 31.4 Å². The zero-order valence-corrected chi connectivity index (χ0v) is 20.1. The fourth-order valence-corrected chi connectivity index (χ4v) is 4.39. The zero-order chi connectivity index (χ0) is 24.1. The van der Waals surface area contributed by atoms with Crippen molar-refractivity contribution < 1.29 is 9.18 Å². The van der Waals surface area contributed by atoms with Gasteiger partial charge >= 0.3 is 0 Å². The molecule has 0 bridgehead atoms. The van der Waals surface area contributed by atoms with Crippen LogP contribution in [0.5, 0.6) is 0 Å². The monoisotopic (exact) mass is 475 g/mol. The molecule has 0 spiro atoms. The average Bonchev–Trinajstić information content (AvgIpc) is 3.27. The van der Waals surface area contributed by atoms with E-state index in [2.05, 4.69) is 20.5 Å². The molecule has 0 aliphatic carbocycles. The lowest BCUT2D eigenvalue weighted by Gasteiger charge is -2.23. The predicted molar refractivity (Wildman–Crippen MR) is 132 cm³/mol. The second kappa shape index (κ2) is 10.6. The number of aromatic nitrogens is 4. The largest absolute Gasteiger partial charge is 0.348 e. The Hall–Kier alpha value is -3.52. The summed E-state index contributed by atoms with van der Waals surface area (Å²) in [6.45, 7) is 6.08. The Morgan fingerprint density at radius 2 is 1.68 bits per heavy atom. The van der Waals surface area contributed by atoms with Gasteiger partial charge in [-0.15, -0.1) is 10.2 Å². The summed E-state index contributed by atoms with van der Waals surface area (Å²) in [5.74, 6) is 0.574. The van der Waals surface area contributed by atoms with E-state index in [4.69, 9.17) is 0 Å². The lowest BCUT2D eigenvalue weighted by atomic mass is 9.96. The highest BCUT2D eigenvalue weighted by atomic mass is 32.2. The van der Waals surface area contributed by atoms with Crippen LogP contribution in [0.4, 0.5) is 4.39 Å². The van der Waals surface area contributed by atoms with Gasteiger partial charge < -0.3 is 5.32 Å². The van der Waals surface area contributed by atoms with Crippen LogP contribution in [0.15, 0.2) is 78.2 Å². The molecule has 2 aromatic carbocycles. The number of aryl methyl sites for hydroxylation is 1. The van der Waals surface area contributed by atoms with Crippen molar-refractivity contribution in [2.75, 3.05) is 5.75 Å². The maximum absolute atomic E-state index is 13.3. The molecule has 4 aromatic rings. The summed E-state index contributed by atoms with van der Waals surface area (Å²) in [6.07, 6.45) is 3.43. The highest BCUT2D eigenvalue weighted by Gasteiger charge is 2.21. The molecule has 0 radical (unpaired) electrons. The minimum absolute atomic E-state index is 0.128. The van der Waals surface area contributed by atoms with Gasteiger partial charge in [0.2, 0.25) is 5.91 Å². The SMILES string of the molecule is Cc1ccc(-n2c(SCC(=O)NC(c3ccc(F)cc3)C(C)C)nnc2-c2ccncc2)cc1. The maximum atomic E-state index is 13.3. The molecule has 2 aromatic heterocycles. The lowest BCUT2D eigenvalue weighted by molar-refractivity contribution is -0.119. The number of nitrogens with zero attached hydrogens (tertiary/aromatic N) is 4. The van der Waals surface area contributed by atoms with Gasteiger partial charge in [0.1, 0.15) is 5.82 Å². The lowest BCUT2D eigenvalue weighted by Crippen LogP contribution is -2.33. The van der Waals surface area contributed by atoms with Gasteiger partial charge in [-0.05, 0) is 54.8 Å². The van der Waals surface area contributed by atoms with Crippen LogP contribution >= 0.6 is 11.8 Å². The first kappa shape index (κ1) is 23.6. The molecule has 4 rings (SSSR count). The van der Waals surface area contributed by atoms with Gasteiger partial charge in [-0.2, -0.15) is 0 Å². The van der Waals surface area contributed by atoms with Gasteiger partial charge in [0.15, 0.2) is 11.0 Å². The molecule has 0 aliphatic heterocycles. The highest BCUT2D eigenvalue weighted by molar-refractivity contribution is 7.99. The number of carbonyl (C=O) groups excluding carboxylic acids is 1. The van der Waals surface area contributed by atoms with Crippen molar-refractivity contribution in [3.8, 4) is 17.1 Å². The smallest absolute Gasteiger partial charge is 0.230 e. The normalized spacial score (nSPS) is 12.0. The summed E-state index contributed by atoms with van der Waals surface area (Å²) < 4.78 is 15.3. The highest BCUT2D eigenvalue weighted by Crippen LogP contribution is 2.28. The number of hydrogen-bond acceptors (Lipinski definition) is 5. The van der Waals surface area contributed by atoms with E-state index in [1.165, 1.54) is 23.9 Å². The van der Waals surface area contributed by atoms with Gasteiger partial charge in [-0.1, -0.05) is 55.4 Å². The molecule has 0 saturated heterocycles. The van der Waals surface area contributed by atoms with E-state index in [1.807, 2.05) is 61.7 Å². The number of amides is 1. The Bertz CT molecular complexity index is 1240. The first-order chi connectivity index (χ1) is 16.4. The topological polar surface area (TPSA) is 72.7 Å². The number of benzene rings is 2. The summed E-state index contributed by atoms with van der Waals surface area (Å²) in [5, 5.41) is 12.5. The molecule has 0 saturated carbocycles. The van der Waals surface area contributed by atoms with Gasteiger partial charge in [0, 0.05) is 23.6 Å². The quantitative estimate of drug-likeness (QED) is 0.346. The van der Waals surface area contributed by atoms with Crippen molar-refractivity contribution in [3.05, 3.63) is 90.0 Å². The van der Waals surface area contributed by atoms with Crippen LogP contribution in [0.1, 0.15) is 31.0 Å². The molecule has 8 heteroatoms. The van der Waals surface area contributed by atoms with Crippen LogP contribution < -0.4 is 5.32 Å². The number of carbonyl (C=O) groups is 1. The summed E-state index contributed by atoms with van der Waals surface area (Å²) in [6, 6.07) is 17.9. The molecule has 2 heterocycles. The third kappa shape index (κ3) is 5.51. The summed E-state index contributed by atoms with van der Waals surface area (Å²) >= 11 is 1.32. The predicted octanol–water partition coefficient (Wildman–Crippen LogP) is 5.38. The average molecular weight is 476 g/mol.